The highest BCUT2D eigenvalue weighted by Crippen LogP contribution is 2.22. The van der Waals surface area contributed by atoms with Crippen LogP contribution in [-0.2, 0) is 13.0 Å². The van der Waals surface area contributed by atoms with E-state index in [-0.39, 0.29) is 6.10 Å². The van der Waals surface area contributed by atoms with Gasteiger partial charge in [-0.25, -0.2) is 4.98 Å². The van der Waals surface area contributed by atoms with Gasteiger partial charge in [-0.3, -0.25) is 0 Å². The van der Waals surface area contributed by atoms with Crippen LogP contribution in [0.5, 0.6) is 0 Å². The molecule has 2 heterocycles. The summed E-state index contributed by atoms with van der Waals surface area (Å²) in [5.74, 6) is 1.09. The Morgan fingerprint density at radius 2 is 2.06 bits per heavy atom. The van der Waals surface area contributed by atoms with Gasteiger partial charge in [0.1, 0.15) is 5.82 Å². The number of aryl methyl sites for hydroxylation is 1. The van der Waals surface area contributed by atoms with Crippen LogP contribution in [0, 0.1) is 0 Å². The highest BCUT2D eigenvalue weighted by molar-refractivity contribution is 5.58. The van der Waals surface area contributed by atoms with Crippen LogP contribution in [0.25, 0.3) is 11.3 Å². The van der Waals surface area contributed by atoms with E-state index in [4.69, 9.17) is 0 Å². The Bertz CT molecular complexity index is 490. The van der Waals surface area contributed by atoms with Gasteiger partial charge in [-0.2, -0.15) is 0 Å². The monoisotopic (exact) mass is 214 g/mol. The van der Waals surface area contributed by atoms with Crippen molar-refractivity contribution in [3.63, 3.8) is 0 Å². The Morgan fingerprint density at radius 3 is 2.88 bits per heavy atom. The van der Waals surface area contributed by atoms with Crippen LogP contribution in [0.15, 0.2) is 36.5 Å². The molecule has 1 aliphatic heterocycles. The van der Waals surface area contributed by atoms with Crippen LogP contribution < -0.4 is 0 Å². The zero-order valence-electron chi connectivity index (χ0n) is 9.00. The number of imidazole rings is 1. The van der Waals surface area contributed by atoms with Crippen molar-refractivity contribution >= 4 is 0 Å². The van der Waals surface area contributed by atoms with Crippen LogP contribution in [-0.4, -0.2) is 20.8 Å². The second-order valence-corrected chi connectivity index (χ2v) is 4.25. The fourth-order valence-corrected chi connectivity index (χ4v) is 2.17. The molecular weight excluding hydrogens is 200 g/mol. The van der Waals surface area contributed by atoms with E-state index in [2.05, 4.69) is 21.7 Å². The first-order valence-corrected chi connectivity index (χ1v) is 5.62. The minimum absolute atomic E-state index is 0.217. The van der Waals surface area contributed by atoms with Crippen LogP contribution in [0.4, 0.5) is 0 Å². The number of fused-ring (bicyclic) bond motifs is 1. The number of nitrogens with zero attached hydrogens (tertiary/aromatic N) is 2. The average Bonchev–Trinajstić information content (AvgIpc) is 2.73. The molecule has 2 aromatic rings. The smallest absolute Gasteiger partial charge is 0.109 e. The van der Waals surface area contributed by atoms with Gasteiger partial charge in [-0.1, -0.05) is 30.3 Å². The summed E-state index contributed by atoms with van der Waals surface area (Å²) in [6, 6.07) is 10.2. The first-order valence-electron chi connectivity index (χ1n) is 5.62. The maximum Gasteiger partial charge on any atom is 0.109 e. The van der Waals surface area contributed by atoms with E-state index in [9.17, 15) is 5.11 Å². The molecule has 0 aliphatic carbocycles. The van der Waals surface area contributed by atoms with E-state index in [1.807, 2.05) is 24.4 Å². The van der Waals surface area contributed by atoms with Gasteiger partial charge in [0.25, 0.3) is 0 Å². The number of benzene rings is 1. The maximum absolute atomic E-state index is 9.59. The Balaban J connectivity index is 1.99. The minimum atomic E-state index is -0.217. The van der Waals surface area contributed by atoms with E-state index in [0.29, 0.717) is 6.54 Å². The molecular formula is C13H14N2O. The van der Waals surface area contributed by atoms with Crippen molar-refractivity contribution in [1.29, 1.82) is 0 Å². The molecule has 82 valence electrons. The van der Waals surface area contributed by atoms with E-state index in [1.54, 1.807) is 0 Å². The minimum Gasteiger partial charge on any atom is -0.391 e. The number of hydrogen-bond donors (Lipinski definition) is 1. The van der Waals surface area contributed by atoms with Crippen molar-refractivity contribution in [2.24, 2.45) is 0 Å². The fraction of sp³-hybridized carbons (Fsp3) is 0.308. The van der Waals surface area contributed by atoms with Crippen LogP contribution in [0.3, 0.4) is 0 Å². The Hall–Kier alpha value is -1.61. The van der Waals surface area contributed by atoms with Gasteiger partial charge in [0.05, 0.1) is 11.8 Å². The summed E-state index contributed by atoms with van der Waals surface area (Å²) in [6.45, 7) is 0.676. The molecule has 1 unspecified atom stereocenters. The largest absolute Gasteiger partial charge is 0.391 e. The molecule has 3 heteroatoms. The Labute approximate surface area is 94.4 Å². The summed E-state index contributed by atoms with van der Waals surface area (Å²) in [5, 5.41) is 9.59. The quantitative estimate of drug-likeness (QED) is 0.786. The molecule has 1 aromatic heterocycles. The molecule has 1 atom stereocenters. The first kappa shape index (κ1) is 9.60. The molecule has 0 spiro atoms. The summed E-state index contributed by atoms with van der Waals surface area (Å²) < 4.78 is 2.07. The van der Waals surface area contributed by atoms with Crippen molar-refractivity contribution in [2.75, 3.05) is 0 Å². The van der Waals surface area contributed by atoms with Crippen molar-refractivity contribution < 1.29 is 5.11 Å². The summed E-state index contributed by atoms with van der Waals surface area (Å²) in [6.07, 6.45) is 3.51. The molecule has 1 aromatic carbocycles. The standard InChI is InChI=1S/C13H14N2O/c16-11-6-7-13-14-12(9-15(13)8-11)10-4-2-1-3-5-10/h1-5,9,11,16H,6-8H2. The molecule has 0 saturated carbocycles. The number of hydrogen-bond acceptors (Lipinski definition) is 2. The first-order chi connectivity index (χ1) is 7.83. The molecule has 16 heavy (non-hydrogen) atoms. The molecule has 0 radical (unpaired) electrons. The van der Waals surface area contributed by atoms with E-state index in [1.165, 1.54) is 0 Å². The fourth-order valence-electron chi connectivity index (χ4n) is 2.17. The van der Waals surface area contributed by atoms with Gasteiger partial charge in [-0.05, 0) is 6.42 Å². The molecule has 3 rings (SSSR count). The SMILES string of the molecule is OC1CCc2nc(-c3ccccc3)cn2C1. The lowest BCUT2D eigenvalue weighted by molar-refractivity contribution is 0.130. The lowest BCUT2D eigenvalue weighted by Gasteiger charge is -2.18. The number of aromatic nitrogens is 2. The van der Waals surface area contributed by atoms with Gasteiger partial charge in [0.15, 0.2) is 0 Å². The second kappa shape index (κ2) is 3.76. The number of rotatable bonds is 1. The lowest BCUT2D eigenvalue weighted by atomic mass is 10.1. The van der Waals surface area contributed by atoms with Crippen molar-refractivity contribution in [3.8, 4) is 11.3 Å². The van der Waals surface area contributed by atoms with Gasteiger partial charge >= 0.3 is 0 Å². The van der Waals surface area contributed by atoms with Crippen molar-refractivity contribution in [1.82, 2.24) is 9.55 Å². The average molecular weight is 214 g/mol. The zero-order valence-corrected chi connectivity index (χ0v) is 9.00. The molecule has 1 aliphatic rings. The lowest BCUT2D eigenvalue weighted by Crippen LogP contribution is -2.23. The molecule has 0 fully saturated rings. The third-order valence-electron chi connectivity index (χ3n) is 3.04. The summed E-state index contributed by atoms with van der Waals surface area (Å²) >= 11 is 0. The predicted octanol–water partition coefficient (Wildman–Crippen LogP) is 1.86. The highest BCUT2D eigenvalue weighted by atomic mass is 16.3. The number of aliphatic hydroxyl groups is 1. The van der Waals surface area contributed by atoms with E-state index < -0.39 is 0 Å². The second-order valence-electron chi connectivity index (χ2n) is 4.25. The topological polar surface area (TPSA) is 38.1 Å². The van der Waals surface area contributed by atoms with E-state index >= 15 is 0 Å². The Kier molecular flexibility index (Phi) is 2.26. The van der Waals surface area contributed by atoms with Crippen LogP contribution >= 0.6 is 0 Å². The summed E-state index contributed by atoms with van der Waals surface area (Å²) in [5.41, 5.74) is 2.14. The molecule has 1 N–H and O–H groups in total. The van der Waals surface area contributed by atoms with Crippen LogP contribution in [0.2, 0.25) is 0 Å². The van der Waals surface area contributed by atoms with Gasteiger partial charge in [0, 0.05) is 24.7 Å². The van der Waals surface area contributed by atoms with E-state index in [0.717, 1.165) is 29.9 Å². The third-order valence-corrected chi connectivity index (χ3v) is 3.04. The summed E-state index contributed by atoms with van der Waals surface area (Å²) in [4.78, 5) is 4.61. The molecule has 3 nitrogen and oxygen atoms in total. The normalized spacial score (nSPS) is 19.4. The Morgan fingerprint density at radius 1 is 1.25 bits per heavy atom. The van der Waals surface area contributed by atoms with Gasteiger partial charge in [0.2, 0.25) is 0 Å². The highest BCUT2D eigenvalue weighted by Gasteiger charge is 2.18. The predicted molar refractivity (Wildman–Crippen MR) is 62.0 cm³/mol. The number of aliphatic hydroxyl groups excluding tert-OH is 1. The molecule has 0 saturated heterocycles. The maximum atomic E-state index is 9.59. The molecule has 0 amide bonds. The van der Waals surface area contributed by atoms with Crippen molar-refractivity contribution in [3.05, 3.63) is 42.4 Å². The zero-order chi connectivity index (χ0) is 11.0. The van der Waals surface area contributed by atoms with Crippen molar-refractivity contribution in [2.45, 2.75) is 25.5 Å². The third kappa shape index (κ3) is 1.63. The van der Waals surface area contributed by atoms with Gasteiger partial charge in [-0.15, -0.1) is 0 Å². The molecule has 0 bridgehead atoms. The van der Waals surface area contributed by atoms with Crippen LogP contribution in [0.1, 0.15) is 12.2 Å². The summed E-state index contributed by atoms with van der Waals surface area (Å²) in [7, 11) is 0. The van der Waals surface area contributed by atoms with Gasteiger partial charge < -0.3 is 9.67 Å².